The largest absolute Gasteiger partial charge is 0.491 e. The summed E-state index contributed by atoms with van der Waals surface area (Å²) in [5.74, 6) is 1.32. The summed E-state index contributed by atoms with van der Waals surface area (Å²) in [6, 6.07) is 7.43. The number of aromatic nitrogens is 2. The number of benzene rings is 1. The molecule has 0 aliphatic rings. The first kappa shape index (κ1) is 19.7. The lowest BCUT2D eigenvalue weighted by Gasteiger charge is -2.27. The van der Waals surface area contributed by atoms with Crippen LogP contribution < -0.4 is 15.8 Å². The summed E-state index contributed by atoms with van der Waals surface area (Å²) in [5.41, 5.74) is 8.34. The highest BCUT2D eigenvalue weighted by atomic mass is 16.5. The van der Waals surface area contributed by atoms with Crippen molar-refractivity contribution in [3.8, 4) is 17.0 Å². The van der Waals surface area contributed by atoms with Gasteiger partial charge in [0.2, 0.25) is 5.95 Å². The van der Waals surface area contributed by atoms with Gasteiger partial charge in [-0.25, -0.2) is 14.8 Å². The maximum atomic E-state index is 10.7. The predicted octanol–water partition coefficient (Wildman–Crippen LogP) is 3.68. The van der Waals surface area contributed by atoms with Crippen molar-refractivity contribution in [2.75, 3.05) is 11.9 Å². The molecule has 0 spiro atoms. The highest BCUT2D eigenvalue weighted by Gasteiger charge is 2.21. The van der Waals surface area contributed by atoms with Crippen molar-refractivity contribution >= 4 is 12.0 Å². The molecule has 4 N–H and O–H groups in total. The smallest absolute Gasteiger partial charge is 0.411 e. The van der Waals surface area contributed by atoms with Gasteiger partial charge in [-0.05, 0) is 56.0 Å². The summed E-state index contributed by atoms with van der Waals surface area (Å²) in [7, 11) is 0. The van der Waals surface area contributed by atoms with E-state index < -0.39 is 6.09 Å². The van der Waals surface area contributed by atoms with Crippen molar-refractivity contribution in [3.63, 3.8) is 0 Å². The molecule has 7 heteroatoms. The molecule has 0 saturated carbocycles. The van der Waals surface area contributed by atoms with Gasteiger partial charge in [-0.1, -0.05) is 13.8 Å². The highest BCUT2D eigenvalue weighted by molar-refractivity contribution is 5.80. The minimum Gasteiger partial charge on any atom is -0.491 e. The van der Waals surface area contributed by atoms with Crippen LogP contribution >= 0.6 is 0 Å². The lowest BCUT2D eigenvalue weighted by atomic mass is 9.93. The normalized spacial score (nSPS) is 13.3. The molecule has 1 heterocycles. The third-order valence-electron chi connectivity index (χ3n) is 3.78. The molecule has 2 rings (SSSR count). The number of nitrogens with two attached hydrogens (primary N) is 1. The number of nitrogens with one attached hydrogen (secondary N) is 1. The molecule has 0 aliphatic carbocycles. The van der Waals surface area contributed by atoms with E-state index in [-0.39, 0.29) is 11.5 Å². The van der Waals surface area contributed by atoms with Crippen LogP contribution in [0, 0.1) is 12.8 Å². The predicted molar refractivity (Wildman–Crippen MR) is 101 cm³/mol. The summed E-state index contributed by atoms with van der Waals surface area (Å²) in [4.78, 5) is 18.8. The Balaban J connectivity index is 2.13. The summed E-state index contributed by atoms with van der Waals surface area (Å²) in [6.45, 7) is 8.66. The lowest BCUT2D eigenvalue weighted by Crippen LogP contribution is -2.43. The Morgan fingerprint density at radius 3 is 2.73 bits per heavy atom. The van der Waals surface area contributed by atoms with Gasteiger partial charge in [-0.2, -0.15) is 0 Å². The van der Waals surface area contributed by atoms with Crippen LogP contribution in [-0.2, 0) is 0 Å². The van der Waals surface area contributed by atoms with Crippen LogP contribution in [0.3, 0.4) is 0 Å². The number of ether oxygens (including phenoxy) is 1. The highest BCUT2D eigenvalue weighted by Crippen LogP contribution is 2.26. The minimum atomic E-state index is -1.20. The van der Waals surface area contributed by atoms with Gasteiger partial charge in [0.15, 0.2) is 0 Å². The Morgan fingerprint density at radius 2 is 2.12 bits per heavy atom. The molecule has 140 valence electrons. The van der Waals surface area contributed by atoms with Gasteiger partial charge in [0.1, 0.15) is 12.4 Å². The maximum Gasteiger partial charge on any atom is 0.411 e. The molecule has 1 aromatic carbocycles. The Hall–Kier alpha value is -2.67. The van der Waals surface area contributed by atoms with E-state index in [9.17, 15) is 4.79 Å². The second-order valence-corrected chi connectivity index (χ2v) is 7.22. The molecule has 0 aliphatic heterocycles. The third kappa shape index (κ3) is 5.70. The summed E-state index contributed by atoms with van der Waals surface area (Å²) < 4.78 is 5.92. The number of aryl methyl sites for hydroxylation is 1. The number of hydrogen-bond acceptors (Lipinski definition) is 5. The van der Waals surface area contributed by atoms with Gasteiger partial charge >= 0.3 is 6.09 Å². The molecule has 7 nitrogen and oxygen atoms in total. The second kappa shape index (κ2) is 8.14. The molecular weight excluding hydrogens is 332 g/mol. The molecule has 26 heavy (non-hydrogen) atoms. The van der Waals surface area contributed by atoms with Crippen molar-refractivity contribution in [1.29, 1.82) is 0 Å². The van der Waals surface area contributed by atoms with E-state index in [0.29, 0.717) is 18.2 Å². The maximum absolute atomic E-state index is 10.7. The van der Waals surface area contributed by atoms with E-state index in [1.54, 1.807) is 6.07 Å². The van der Waals surface area contributed by atoms with Crippen LogP contribution in [-0.4, -0.2) is 33.3 Å². The summed E-state index contributed by atoms with van der Waals surface area (Å²) in [5, 5.41) is 10.9. The zero-order chi connectivity index (χ0) is 19.3. The number of hydrogen-bond donors (Lipinski definition) is 3. The van der Waals surface area contributed by atoms with Gasteiger partial charge in [0.25, 0.3) is 0 Å². The first-order valence-corrected chi connectivity index (χ1v) is 8.52. The minimum absolute atomic E-state index is 0.0422. The average Bonchev–Trinajstić information content (AvgIpc) is 2.52. The first-order chi connectivity index (χ1) is 12.2. The van der Waals surface area contributed by atoms with Crippen molar-refractivity contribution in [3.05, 3.63) is 36.0 Å². The Labute approximate surface area is 153 Å². The van der Waals surface area contributed by atoms with Crippen molar-refractivity contribution in [2.24, 2.45) is 11.7 Å². The zero-order valence-corrected chi connectivity index (χ0v) is 15.6. The van der Waals surface area contributed by atoms with Crippen molar-refractivity contribution in [2.45, 2.75) is 39.7 Å². The van der Waals surface area contributed by atoms with Crippen LogP contribution in [0.5, 0.6) is 5.75 Å². The van der Waals surface area contributed by atoms with Gasteiger partial charge in [0, 0.05) is 17.3 Å². The molecule has 1 atom stereocenters. The summed E-state index contributed by atoms with van der Waals surface area (Å²) in [6.07, 6.45) is 1.19. The van der Waals surface area contributed by atoms with Crippen LogP contribution in [0.15, 0.2) is 30.5 Å². The van der Waals surface area contributed by atoms with E-state index in [0.717, 1.165) is 23.3 Å². The average molecular weight is 358 g/mol. The van der Waals surface area contributed by atoms with Crippen LogP contribution in [0.1, 0.15) is 32.8 Å². The topological polar surface area (TPSA) is 110 Å². The van der Waals surface area contributed by atoms with Crippen molar-refractivity contribution < 1.29 is 14.6 Å². The quantitative estimate of drug-likeness (QED) is 0.696. The fourth-order valence-corrected chi connectivity index (χ4v) is 2.88. The monoisotopic (exact) mass is 358 g/mol. The second-order valence-electron chi connectivity index (χ2n) is 7.22. The number of rotatable bonds is 7. The van der Waals surface area contributed by atoms with E-state index in [2.05, 4.69) is 29.1 Å². The number of nitrogens with zero attached hydrogens (tertiary/aromatic N) is 2. The lowest BCUT2D eigenvalue weighted by molar-refractivity contribution is 0.206. The molecule has 2 aromatic rings. The van der Waals surface area contributed by atoms with Gasteiger partial charge < -0.3 is 15.6 Å². The standard InChI is InChI=1S/C19H26N4O3/c1-12(2)10-19(4,20)11-26-16-6-5-14(9-13(16)3)15-7-8-21-17(22-15)23-18(24)25/h5-9,12H,10-11,20H2,1-4H3,(H,24,25)(H,21,22,23). The molecule has 1 aromatic heterocycles. The zero-order valence-electron chi connectivity index (χ0n) is 15.6. The van der Waals surface area contributed by atoms with Gasteiger partial charge in [-0.15, -0.1) is 0 Å². The van der Waals surface area contributed by atoms with Crippen LogP contribution in [0.25, 0.3) is 11.3 Å². The SMILES string of the molecule is Cc1cc(-c2ccnc(NC(=O)O)n2)ccc1OCC(C)(N)CC(C)C. The molecule has 0 saturated heterocycles. The Morgan fingerprint density at radius 1 is 1.38 bits per heavy atom. The fraction of sp³-hybridized carbons (Fsp3) is 0.421. The van der Waals surface area contributed by atoms with Crippen molar-refractivity contribution in [1.82, 2.24) is 9.97 Å². The fourth-order valence-electron chi connectivity index (χ4n) is 2.88. The molecule has 0 fully saturated rings. The van der Waals surface area contributed by atoms with E-state index in [4.69, 9.17) is 15.6 Å². The number of carbonyl (C=O) groups is 1. The Bertz CT molecular complexity index is 775. The molecular formula is C19H26N4O3. The Kier molecular flexibility index (Phi) is 6.15. The molecule has 0 radical (unpaired) electrons. The number of amides is 1. The van der Waals surface area contributed by atoms with E-state index in [1.807, 2.05) is 32.0 Å². The van der Waals surface area contributed by atoms with Gasteiger partial charge in [0.05, 0.1) is 5.69 Å². The van der Waals surface area contributed by atoms with Crippen LogP contribution in [0.4, 0.5) is 10.7 Å². The third-order valence-corrected chi connectivity index (χ3v) is 3.78. The van der Waals surface area contributed by atoms with E-state index in [1.165, 1.54) is 6.20 Å². The van der Waals surface area contributed by atoms with E-state index >= 15 is 0 Å². The molecule has 0 bridgehead atoms. The first-order valence-electron chi connectivity index (χ1n) is 8.52. The summed E-state index contributed by atoms with van der Waals surface area (Å²) >= 11 is 0. The van der Waals surface area contributed by atoms with Gasteiger partial charge in [-0.3, -0.25) is 5.32 Å². The molecule has 1 unspecified atom stereocenters. The number of carboxylic acid groups (broad SMARTS) is 1. The van der Waals surface area contributed by atoms with Crippen LogP contribution in [0.2, 0.25) is 0 Å². The number of anilines is 1. The molecule has 1 amide bonds.